The first-order valence-corrected chi connectivity index (χ1v) is 6.63. The number of halogens is 3. The topological polar surface area (TPSA) is 49.9 Å². The van der Waals surface area contributed by atoms with E-state index in [-0.39, 0.29) is 5.75 Å². The smallest absolute Gasteiger partial charge is 0.416 e. The number of rotatable bonds is 5. The van der Waals surface area contributed by atoms with Gasteiger partial charge in [-0.1, -0.05) is 0 Å². The second kappa shape index (κ2) is 5.31. The summed E-state index contributed by atoms with van der Waals surface area (Å²) in [5.74, 6) is 1.25. The van der Waals surface area contributed by atoms with Gasteiger partial charge in [0.2, 0.25) is 0 Å². The molecule has 2 N–H and O–H groups in total. The Morgan fingerprint density at radius 3 is 2.71 bits per heavy atom. The van der Waals surface area contributed by atoms with Crippen LogP contribution in [0.15, 0.2) is 30.5 Å². The van der Waals surface area contributed by atoms with Crippen LogP contribution in [0.2, 0.25) is 0 Å². The standard InChI is InChI=1S/C14H14F3N3O/c15-14(16,17)10-3-4-11(19-13-5-6-18-20-13)12(7-10)21-8-9-1-2-9/h3-7,9H,1-2,8H2,(H2,18,19,20). The largest absolute Gasteiger partial charge is 0.491 e. The fourth-order valence-corrected chi connectivity index (χ4v) is 1.88. The molecule has 21 heavy (non-hydrogen) atoms. The summed E-state index contributed by atoms with van der Waals surface area (Å²) in [7, 11) is 0. The predicted molar refractivity (Wildman–Crippen MR) is 71.5 cm³/mol. The van der Waals surface area contributed by atoms with Crippen molar-refractivity contribution in [2.45, 2.75) is 19.0 Å². The van der Waals surface area contributed by atoms with Crippen LogP contribution in [0.25, 0.3) is 0 Å². The molecule has 3 rings (SSSR count). The molecule has 112 valence electrons. The minimum atomic E-state index is -4.38. The van der Waals surface area contributed by atoms with E-state index >= 15 is 0 Å². The van der Waals surface area contributed by atoms with Gasteiger partial charge in [0.15, 0.2) is 0 Å². The van der Waals surface area contributed by atoms with E-state index in [2.05, 4.69) is 15.5 Å². The summed E-state index contributed by atoms with van der Waals surface area (Å²) in [6.45, 7) is 0.443. The monoisotopic (exact) mass is 297 g/mol. The number of H-pyrrole nitrogens is 1. The summed E-state index contributed by atoms with van der Waals surface area (Å²) in [5, 5.41) is 9.44. The van der Waals surface area contributed by atoms with Gasteiger partial charge in [-0.05, 0) is 37.0 Å². The third kappa shape index (κ3) is 3.48. The molecule has 0 aliphatic heterocycles. The maximum absolute atomic E-state index is 12.8. The fraction of sp³-hybridized carbons (Fsp3) is 0.357. The van der Waals surface area contributed by atoms with Crippen molar-refractivity contribution in [3.63, 3.8) is 0 Å². The van der Waals surface area contributed by atoms with E-state index in [1.54, 1.807) is 12.3 Å². The van der Waals surface area contributed by atoms with E-state index in [9.17, 15) is 13.2 Å². The van der Waals surface area contributed by atoms with Gasteiger partial charge in [-0.25, -0.2) is 0 Å². The number of aromatic nitrogens is 2. The second-order valence-corrected chi connectivity index (χ2v) is 5.06. The van der Waals surface area contributed by atoms with Gasteiger partial charge in [-0.2, -0.15) is 18.3 Å². The zero-order valence-electron chi connectivity index (χ0n) is 11.1. The summed E-state index contributed by atoms with van der Waals surface area (Å²) in [4.78, 5) is 0. The Morgan fingerprint density at radius 2 is 2.10 bits per heavy atom. The molecule has 0 saturated heterocycles. The number of hydrogen-bond donors (Lipinski definition) is 2. The van der Waals surface area contributed by atoms with Crippen molar-refractivity contribution in [1.82, 2.24) is 10.2 Å². The highest BCUT2D eigenvalue weighted by Gasteiger charge is 2.31. The lowest BCUT2D eigenvalue weighted by atomic mass is 10.2. The fourth-order valence-electron chi connectivity index (χ4n) is 1.88. The number of benzene rings is 1. The van der Waals surface area contributed by atoms with Crippen molar-refractivity contribution < 1.29 is 17.9 Å². The molecule has 7 heteroatoms. The van der Waals surface area contributed by atoms with Crippen molar-refractivity contribution in [3.05, 3.63) is 36.0 Å². The zero-order valence-corrected chi connectivity index (χ0v) is 11.1. The van der Waals surface area contributed by atoms with Crippen LogP contribution in [-0.2, 0) is 6.18 Å². The van der Waals surface area contributed by atoms with Gasteiger partial charge in [0.05, 0.1) is 24.1 Å². The lowest BCUT2D eigenvalue weighted by Gasteiger charge is -2.15. The van der Waals surface area contributed by atoms with Gasteiger partial charge in [0.1, 0.15) is 11.6 Å². The molecule has 1 aromatic carbocycles. The minimum absolute atomic E-state index is 0.200. The first-order valence-electron chi connectivity index (χ1n) is 6.63. The molecular formula is C14H14F3N3O. The first-order chi connectivity index (χ1) is 10.0. The summed E-state index contributed by atoms with van der Waals surface area (Å²) >= 11 is 0. The number of alkyl halides is 3. The minimum Gasteiger partial charge on any atom is -0.491 e. The molecule has 1 heterocycles. The normalized spacial score (nSPS) is 15.0. The Bertz CT molecular complexity index is 606. The number of nitrogens with one attached hydrogen (secondary N) is 2. The average Bonchev–Trinajstić information content (AvgIpc) is 3.12. The van der Waals surface area contributed by atoms with Gasteiger partial charge >= 0.3 is 6.18 Å². The highest BCUT2D eigenvalue weighted by Crippen LogP contribution is 2.37. The van der Waals surface area contributed by atoms with Crippen LogP contribution in [0, 0.1) is 5.92 Å². The Hall–Kier alpha value is -2.18. The molecule has 4 nitrogen and oxygen atoms in total. The first kappa shape index (κ1) is 13.8. The quantitative estimate of drug-likeness (QED) is 0.878. The third-order valence-electron chi connectivity index (χ3n) is 3.25. The summed E-state index contributed by atoms with van der Waals surface area (Å²) in [6, 6.07) is 5.11. The maximum Gasteiger partial charge on any atom is 0.416 e. The molecule has 0 atom stereocenters. The number of nitrogens with zero attached hydrogens (tertiary/aromatic N) is 1. The van der Waals surface area contributed by atoms with E-state index < -0.39 is 11.7 Å². The van der Waals surface area contributed by atoms with E-state index in [1.165, 1.54) is 6.07 Å². The highest BCUT2D eigenvalue weighted by atomic mass is 19.4. The molecule has 0 amide bonds. The molecule has 1 aromatic heterocycles. The Balaban J connectivity index is 1.85. The van der Waals surface area contributed by atoms with Crippen molar-refractivity contribution in [2.24, 2.45) is 5.92 Å². The molecule has 2 aromatic rings. The summed E-state index contributed by atoms with van der Waals surface area (Å²) < 4.78 is 43.9. The van der Waals surface area contributed by atoms with Gasteiger partial charge in [0, 0.05) is 6.07 Å². The number of aromatic amines is 1. The van der Waals surface area contributed by atoms with Crippen LogP contribution in [0.3, 0.4) is 0 Å². The average molecular weight is 297 g/mol. The third-order valence-corrected chi connectivity index (χ3v) is 3.25. The molecule has 1 aliphatic rings. The molecule has 1 saturated carbocycles. The zero-order chi connectivity index (χ0) is 14.9. The van der Waals surface area contributed by atoms with Crippen LogP contribution in [0.5, 0.6) is 5.75 Å². The lowest BCUT2D eigenvalue weighted by molar-refractivity contribution is -0.137. The lowest BCUT2D eigenvalue weighted by Crippen LogP contribution is -2.08. The van der Waals surface area contributed by atoms with Crippen LogP contribution < -0.4 is 10.1 Å². The number of anilines is 2. The molecule has 0 unspecified atom stereocenters. The van der Waals surface area contributed by atoms with Gasteiger partial charge in [0.25, 0.3) is 0 Å². The van der Waals surface area contributed by atoms with Crippen molar-refractivity contribution in [2.75, 3.05) is 11.9 Å². The van der Waals surface area contributed by atoms with E-state index in [0.717, 1.165) is 25.0 Å². The number of hydrogen-bond acceptors (Lipinski definition) is 3. The SMILES string of the molecule is FC(F)(F)c1ccc(Nc2ccn[nH]2)c(OCC2CC2)c1. The maximum atomic E-state index is 12.8. The highest BCUT2D eigenvalue weighted by molar-refractivity contribution is 5.64. The van der Waals surface area contributed by atoms with Crippen LogP contribution in [0.1, 0.15) is 18.4 Å². The molecule has 0 bridgehead atoms. The Labute approximate surface area is 119 Å². The molecule has 0 spiro atoms. The summed E-state index contributed by atoms with van der Waals surface area (Å²) in [5.41, 5.74) is -0.239. The second-order valence-electron chi connectivity index (χ2n) is 5.06. The van der Waals surface area contributed by atoms with Crippen molar-refractivity contribution in [3.8, 4) is 5.75 Å². The van der Waals surface area contributed by atoms with Crippen molar-refractivity contribution >= 4 is 11.5 Å². The molecule has 0 radical (unpaired) electrons. The number of ether oxygens (including phenoxy) is 1. The Kier molecular flexibility index (Phi) is 3.48. The van der Waals surface area contributed by atoms with Gasteiger partial charge in [-0.3, -0.25) is 5.10 Å². The van der Waals surface area contributed by atoms with Gasteiger partial charge in [-0.15, -0.1) is 0 Å². The van der Waals surface area contributed by atoms with Crippen LogP contribution in [-0.4, -0.2) is 16.8 Å². The van der Waals surface area contributed by atoms with Gasteiger partial charge < -0.3 is 10.1 Å². The van der Waals surface area contributed by atoms with E-state index in [1.807, 2.05) is 0 Å². The van der Waals surface area contributed by atoms with Crippen LogP contribution in [0.4, 0.5) is 24.7 Å². The molecular weight excluding hydrogens is 283 g/mol. The molecule has 1 aliphatic carbocycles. The molecule has 1 fully saturated rings. The van der Waals surface area contributed by atoms with E-state index in [0.29, 0.717) is 24.0 Å². The van der Waals surface area contributed by atoms with Crippen molar-refractivity contribution in [1.29, 1.82) is 0 Å². The summed E-state index contributed by atoms with van der Waals surface area (Å²) in [6.07, 6.45) is -0.689. The van der Waals surface area contributed by atoms with E-state index in [4.69, 9.17) is 4.74 Å². The van der Waals surface area contributed by atoms with Crippen LogP contribution >= 0.6 is 0 Å². The predicted octanol–water partition coefficient (Wildman–Crippen LogP) is 3.96. The Morgan fingerprint density at radius 1 is 1.29 bits per heavy atom.